The summed E-state index contributed by atoms with van der Waals surface area (Å²) in [7, 11) is 0. The minimum Gasteiger partial charge on any atom is -0.354 e. The van der Waals surface area contributed by atoms with E-state index in [1.807, 2.05) is 35.2 Å². The Kier molecular flexibility index (Phi) is 6.94. The quantitative estimate of drug-likeness (QED) is 0.468. The zero-order valence-corrected chi connectivity index (χ0v) is 18.7. The molecule has 168 valence electrons. The number of nitrogens with one attached hydrogen (secondary N) is 2. The summed E-state index contributed by atoms with van der Waals surface area (Å²) in [5, 5.41) is 7.66. The minimum absolute atomic E-state index is 0.256. The van der Waals surface area contributed by atoms with Gasteiger partial charge in [-0.1, -0.05) is 6.07 Å². The van der Waals surface area contributed by atoms with Gasteiger partial charge in [-0.05, 0) is 51.0 Å². The molecule has 0 radical (unpaired) electrons. The molecule has 9 nitrogen and oxygen atoms in total. The average Bonchev–Trinajstić information content (AvgIpc) is 3.22. The van der Waals surface area contributed by atoms with Crippen LogP contribution >= 0.6 is 0 Å². The molecule has 0 unspecified atom stereocenters. The molecule has 1 aliphatic heterocycles. The maximum Gasteiger partial charge on any atom is 0.233 e. The predicted molar refractivity (Wildman–Crippen MR) is 127 cm³/mol. The lowest BCUT2D eigenvalue weighted by atomic mass is 10.2. The lowest BCUT2D eigenvalue weighted by Crippen LogP contribution is -2.27. The third-order valence-corrected chi connectivity index (χ3v) is 5.59. The smallest absolute Gasteiger partial charge is 0.233 e. The second-order valence-corrected chi connectivity index (χ2v) is 7.76. The Bertz CT molecular complexity index is 1070. The van der Waals surface area contributed by atoms with Gasteiger partial charge in [0.15, 0.2) is 0 Å². The molecular formula is C23H30N8O. The lowest BCUT2D eigenvalue weighted by molar-refractivity contribution is -0.127. The Morgan fingerprint density at radius 3 is 2.72 bits per heavy atom. The highest BCUT2D eigenvalue weighted by molar-refractivity contribution is 5.82. The normalized spacial score (nSPS) is 13.6. The van der Waals surface area contributed by atoms with Gasteiger partial charge in [-0.2, -0.15) is 15.0 Å². The molecule has 32 heavy (non-hydrogen) atoms. The van der Waals surface area contributed by atoms with Gasteiger partial charge in [0.25, 0.3) is 0 Å². The molecule has 4 rings (SSSR count). The number of fused-ring (bicyclic) bond motifs is 1. The third-order valence-electron chi connectivity index (χ3n) is 5.59. The maximum atomic E-state index is 11.8. The van der Waals surface area contributed by atoms with E-state index >= 15 is 0 Å². The number of anilines is 4. The van der Waals surface area contributed by atoms with Crippen LogP contribution in [-0.4, -0.2) is 63.5 Å². The van der Waals surface area contributed by atoms with Gasteiger partial charge >= 0.3 is 0 Å². The van der Waals surface area contributed by atoms with Gasteiger partial charge in [0.2, 0.25) is 23.8 Å². The highest BCUT2D eigenvalue weighted by Crippen LogP contribution is 2.21. The number of likely N-dealkylation sites (tertiary alicyclic amines) is 1. The number of benzene rings is 1. The second-order valence-electron chi connectivity index (χ2n) is 7.76. The largest absolute Gasteiger partial charge is 0.354 e. The van der Waals surface area contributed by atoms with E-state index < -0.39 is 0 Å². The Balaban J connectivity index is 1.48. The Labute approximate surface area is 188 Å². The summed E-state index contributed by atoms with van der Waals surface area (Å²) in [4.78, 5) is 34.0. The molecule has 1 aliphatic rings. The van der Waals surface area contributed by atoms with E-state index in [1.165, 1.54) is 0 Å². The monoisotopic (exact) mass is 434 g/mol. The molecule has 1 aromatic carbocycles. The predicted octanol–water partition coefficient (Wildman–Crippen LogP) is 3.43. The fraction of sp³-hybridized carbons (Fsp3) is 0.435. The number of aromatic nitrogens is 4. The van der Waals surface area contributed by atoms with E-state index in [2.05, 4.69) is 49.3 Å². The molecule has 0 spiro atoms. The second kappa shape index (κ2) is 10.2. The van der Waals surface area contributed by atoms with E-state index in [9.17, 15) is 4.79 Å². The van der Waals surface area contributed by atoms with Crippen molar-refractivity contribution in [2.45, 2.75) is 33.1 Å². The standard InChI is InChI=1S/C23H30N8O/c1-3-30(4-2)23-28-21(25-13-7-15-31-14-6-9-20(31)32)27-22(29-23)26-18-10-11-19-17(16-18)8-5-12-24-19/h5,8,10-12,16H,3-4,6-7,9,13-15H2,1-2H3,(H2,25,26,27,28,29). The first-order valence-electron chi connectivity index (χ1n) is 11.3. The summed E-state index contributed by atoms with van der Waals surface area (Å²) in [6, 6.07) is 9.92. The lowest BCUT2D eigenvalue weighted by Gasteiger charge is -2.20. The molecule has 0 bridgehead atoms. The van der Waals surface area contributed by atoms with Gasteiger partial charge in [-0.15, -0.1) is 0 Å². The summed E-state index contributed by atoms with van der Waals surface area (Å²) >= 11 is 0. The zero-order chi connectivity index (χ0) is 22.3. The highest BCUT2D eigenvalue weighted by Gasteiger charge is 2.19. The van der Waals surface area contributed by atoms with Crippen molar-refractivity contribution < 1.29 is 4.79 Å². The van der Waals surface area contributed by atoms with Crippen molar-refractivity contribution in [2.24, 2.45) is 0 Å². The molecule has 1 fully saturated rings. The van der Waals surface area contributed by atoms with Crippen molar-refractivity contribution >= 4 is 40.3 Å². The molecule has 1 saturated heterocycles. The van der Waals surface area contributed by atoms with Gasteiger partial charge in [-0.3, -0.25) is 9.78 Å². The van der Waals surface area contributed by atoms with Crippen LogP contribution in [0, 0.1) is 0 Å². The first kappa shape index (κ1) is 21.7. The van der Waals surface area contributed by atoms with E-state index in [0.29, 0.717) is 30.8 Å². The van der Waals surface area contributed by atoms with Crippen molar-refractivity contribution in [1.29, 1.82) is 0 Å². The number of amides is 1. The summed E-state index contributed by atoms with van der Waals surface area (Å²) in [5.41, 5.74) is 1.83. The van der Waals surface area contributed by atoms with E-state index in [-0.39, 0.29) is 5.91 Å². The fourth-order valence-corrected chi connectivity index (χ4v) is 3.84. The van der Waals surface area contributed by atoms with E-state index in [1.54, 1.807) is 6.20 Å². The van der Waals surface area contributed by atoms with Crippen LogP contribution in [-0.2, 0) is 4.79 Å². The van der Waals surface area contributed by atoms with Crippen LogP contribution in [0.2, 0.25) is 0 Å². The van der Waals surface area contributed by atoms with Gasteiger partial charge in [0, 0.05) is 56.4 Å². The molecule has 1 amide bonds. The third kappa shape index (κ3) is 5.22. The summed E-state index contributed by atoms with van der Waals surface area (Å²) in [6.07, 6.45) is 4.27. The van der Waals surface area contributed by atoms with Gasteiger partial charge in [0.05, 0.1) is 5.52 Å². The first-order chi connectivity index (χ1) is 15.7. The summed E-state index contributed by atoms with van der Waals surface area (Å²) in [5.74, 6) is 1.90. The van der Waals surface area contributed by atoms with Crippen molar-refractivity contribution in [3.8, 4) is 0 Å². The maximum absolute atomic E-state index is 11.8. The van der Waals surface area contributed by atoms with Crippen molar-refractivity contribution in [1.82, 2.24) is 24.8 Å². The molecule has 0 aliphatic carbocycles. The summed E-state index contributed by atoms with van der Waals surface area (Å²) < 4.78 is 0. The average molecular weight is 435 g/mol. The van der Waals surface area contributed by atoms with E-state index in [0.717, 1.165) is 55.6 Å². The first-order valence-corrected chi connectivity index (χ1v) is 11.3. The molecule has 3 heterocycles. The Hall–Kier alpha value is -3.49. The molecule has 0 atom stereocenters. The van der Waals surface area contributed by atoms with Crippen LogP contribution in [0.1, 0.15) is 33.1 Å². The zero-order valence-electron chi connectivity index (χ0n) is 18.7. The van der Waals surface area contributed by atoms with Crippen LogP contribution in [0.25, 0.3) is 10.9 Å². The molecule has 9 heteroatoms. The van der Waals surface area contributed by atoms with Crippen molar-refractivity contribution in [3.63, 3.8) is 0 Å². The van der Waals surface area contributed by atoms with Gasteiger partial charge in [0.1, 0.15) is 0 Å². The van der Waals surface area contributed by atoms with Gasteiger partial charge in [-0.25, -0.2) is 0 Å². The minimum atomic E-state index is 0.256. The SMILES string of the molecule is CCN(CC)c1nc(NCCCN2CCCC2=O)nc(Nc2ccc3ncccc3c2)n1. The summed E-state index contributed by atoms with van der Waals surface area (Å²) in [6.45, 7) is 8.08. The van der Waals surface area contributed by atoms with Crippen LogP contribution < -0.4 is 15.5 Å². The number of rotatable bonds is 10. The molecule has 2 aromatic heterocycles. The number of hydrogen-bond donors (Lipinski definition) is 2. The van der Waals surface area contributed by atoms with E-state index in [4.69, 9.17) is 0 Å². The fourth-order valence-electron chi connectivity index (χ4n) is 3.84. The van der Waals surface area contributed by atoms with Crippen molar-refractivity contribution in [2.75, 3.05) is 48.3 Å². The number of carbonyl (C=O) groups is 1. The number of carbonyl (C=O) groups excluding carboxylic acids is 1. The Morgan fingerprint density at radius 2 is 1.94 bits per heavy atom. The highest BCUT2D eigenvalue weighted by atomic mass is 16.2. The molecular weight excluding hydrogens is 404 g/mol. The molecule has 2 N–H and O–H groups in total. The topological polar surface area (TPSA) is 99.2 Å². The number of pyridine rings is 1. The number of nitrogens with zero attached hydrogens (tertiary/aromatic N) is 6. The molecule has 0 saturated carbocycles. The number of hydrogen-bond acceptors (Lipinski definition) is 8. The van der Waals surface area contributed by atoms with Crippen LogP contribution in [0.4, 0.5) is 23.5 Å². The Morgan fingerprint density at radius 1 is 1.09 bits per heavy atom. The van der Waals surface area contributed by atoms with Crippen LogP contribution in [0.3, 0.4) is 0 Å². The van der Waals surface area contributed by atoms with Gasteiger partial charge < -0.3 is 20.4 Å². The van der Waals surface area contributed by atoms with Crippen molar-refractivity contribution in [3.05, 3.63) is 36.5 Å². The molecule has 3 aromatic rings. The van der Waals surface area contributed by atoms with Crippen LogP contribution in [0.5, 0.6) is 0 Å². The van der Waals surface area contributed by atoms with Crippen LogP contribution in [0.15, 0.2) is 36.5 Å².